The highest BCUT2D eigenvalue weighted by Gasteiger charge is 2.32. The first-order valence-electron chi connectivity index (χ1n) is 3.77. The average molecular weight is 161 g/mol. The van der Waals surface area contributed by atoms with E-state index >= 15 is 0 Å². The van der Waals surface area contributed by atoms with Crippen molar-refractivity contribution in [2.24, 2.45) is 5.73 Å². The van der Waals surface area contributed by atoms with Gasteiger partial charge in [0.15, 0.2) is 6.29 Å². The molecule has 66 valence electrons. The molecule has 0 bridgehead atoms. The van der Waals surface area contributed by atoms with Crippen LogP contribution in [0.5, 0.6) is 0 Å². The second-order valence-corrected chi connectivity index (χ2v) is 2.90. The van der Waals surface area contributed by atoms with E-state index in [1.807, 2.05) is 0 Å². The Labute approximate surface area is 66.3 Å². The third-order valence-corrected chi connectivity index (χ3v) is 2.01. The standard InChI is InChI=1S/C7H15NO3/c1-4-7(9)5(8)3-6(10-2)11-4/h4-7,9H,3,8H2,1-2H3. The zero-order valence-corrected chi connectivity index (χ0v) is 6.86. The summed E-state index contributed by atoms with van der Waals surface area (Å²) in [6.45, 7) is 1.79. The molecule has 1 saturated heterocycles. The Bertz CT molecular complexity index is 119. The van der Waals surface area contributed by atoms with Crippen molar-refractivity contribution in [3.63, 3.8) is 0 Å². The Kier molecular flexibility index (Phi) is 2.84. The Hall–Kier alpha value is -0.160. The lowest BCUT2D eigenvalue weighted by Crippen LogP contribution is -2.51. The molecule has 4 unspecified atom stereocenters. The maximum Gasteiger partial charge on any atom is 0.159 e. The van der Waals surface area contributed by atoms with Gasteiger partial charge in [0.2, 0.25) is 0 Å². The van der Waals surface area contributed by atoms with Crippen molar-refractivity contribution in [2.75, 3.05) is 7.11 Å². The fourth-order valence-electron chi connectivity index (χ4n) is 1.24. The summed E-state index contributed by atoms with van der Waals surface area (Å²) in [5.41, 5.74) is 5.62. The molecule has 1 aliphatic rings. The van der Waals surface area contributed by atoms with E-state index in [0.717, 1.165) is 0 Å². The molecule has 1 aliphatic heterocycles. The molecule has 4 nitrogen and oxygen atoms in total. The molecule has 1 rings (SSSR count). The van der Waals surface area contributed by atoms with Crippen molar-refractivity contribution in [2.45, 2.75) is 37.9 Å². The van der Waals surface area contributed by atoms with E-state index in [0.29, 0.717) is 6.42 Å². The van der Waals surface area contributed by atoms with Gasteiger partial charge in [0, 0.05) is 19.6 Å². The Morgan fingerprint density at radius 1 is 1.64 bits per heavy atom. The molecule has 1 heterocycles. The van der Waals surface area contributed by atoms with Crippen LogP contribution in [0.2, 0.25) is 0 Å². The highest BCUT2D eigenvalue weighted by molar-refractivity contribution is 4.82. The fourth-order valence-corrected chi connectivity index (χ4v) is 1.24. The second kappa shape index (κ2) is 3.49. The number of hydrogen-bond acceptors (Lipinski definition) is 4. The molecule has 0 aromatic rings. The van der Waals surface area contributed by atoms with Gasteiger partial charge >= 0.3 is 0 Å². The summed E-state index contributed by atoms with van der Waals surface area (Å²) in [5.74, 6) is 0. The zero-order valence-electron chi connectivity index (χ0n) is 6.86. The molecule has 4 atom stereocenters. The van der Waals surface area contributed by atoms with Crippen LogP contribution in [0.1, 0.15) is 13.3 Å². The first-order chi connectivity index (χ1) is 5.15. The zero-order chi connectivity index (χ0) is 8.43. The van der Waals surface area contributed by atoms with Crippen LogP contribution in [0.15, 0.2) is 0 Å². The number of hydrogen-bond donors (Lipinski definition) is 2. The van der Waals surface area contributed by atoms with E-state index < -0.39 is 6.10 Å². The summed E-state index contributed by atoms with van der Waals surface area (Å²) in [4.78, 5) is 0. The van der Waals surface area contributed by atoms with Gasteiger partial charge in [0.25, 0.3) is 0 Å². The van der Waals surface area contributed by atoms with E-state index in [1.165, 1.54) is 0 Å². The minimum Gasteiger partial charge on any atom is -0.389 e. The van der Waals surface area contributed by atoms with Crippen molar-refractivity contribution >= 4 is 0 Å². The molecule has 0 radical (unpaired) electrons. The summed E-state index contributed by atoms with van der Waals surface area (Å²) in [5, 5.41) is 9.35. The van der Waals surface area contributed by atoms with E-state index in [2.05, 4.69) is 0 Å². The van der Waals surface area contributed by atoms with Crippen molar-refractivity contribution in [1.82, 2.24) is 0 Å². The van der Waals surface area contributed by atoms with Gasteiger partial charge in [-0.3, -0.25) is 0 Å². The third kappa shape index (κ3) is 1.90. The average Bonchev–Trinajstić information content (AvgIpc) is 1.99. The Balaban J connectivity index is 2.47. The number of ether oxygens (including phenoxy) is 2. The molecular formula is C7H15NO3. The van der Waals surface area contributed by atoms with Crippen molar-refractivity contribution in [1.29, 1.82) is 0 Å². The lowest BCUT2D eigenvalue weighted by atomic mass is 10.0. The molecule has 0 saturated carbocycles. The highest BCUT2D eigenvalue weighted by Crippen LogP contribution is 2.18. The van der Waals surface area contributed by atoms with Crippen LogP contribution in [0, 0.1) is 0 Å². The topological polar surface area (TPSA) is 64.7 Å². The smallest absolute Gasteiger partial charge is 0.159 e. The van der Waals surface area contributed by atoms with Crippen molar-refractivity contribution in [3.8, 4) is 0 Å². The van der Waals surface area contributed by atoms with Crippen LogP contribution >= 0.6 is 0 Å². The minimum absolute atomic E-state index is 0.233. The minimum atomic E-state index is -0.568. The summed E-state index contributed by atoms with van der Waals surface area (Å²) < 4.78 is 10.2. The van der Waals surface area contributed by atoms with Gasteiger partial charge in [-0.1, -0.05) is 0 Å². The summed E-state index contributed by atoms with van der Waals surface area (Å²) >= 11 is 0. The van der Waals surface area contributed by atoms with Gasteiger partial charge in [-0.15, -0.1) is 0 Å². The SMILES string of the molecule is COC1CC(N)C(O)C(C)O1. The summed E-state index contributed by atoms with van der Waals surface area (Å²) in [7, 11) is 1.57. The van der Waals surface area contributed by atoms with Gasteiger partial charge < -0.3 is 20.3 Å². The van der Waals surface area contributed by atoms with Crippen LogP contribution < -0.4 is 5.73 Å². The summed E-state index contributed by atoms with van der Waals surface area (Å²) in [6.07, 6.45) is -0.504. The predicted octanol–water partition coefficient (Wildman–Crippen LogP) is -0.544. The van der Waals surface area contributed by atoms with E-state index in [9.17, 15) is 5.11 Å². The number of rotatable bonds is 1. The predicted molar refractivity (Wildman–Crippen MR) is 39.9 cm³/mol. The molecule has 0 spiro atoms. The van der Waals surface area contributed by atoms with Crippen LogP contribution in [-0.2, 0) is 9.47 Å². The van der Waals surface area contributed by atoms with E-state index in [4.69, 9.17) is 15.2 Å². The van der Waals surface area contributed by atoms with Gasteiger partial charge in [-0.05, 0) is 6.92 Å². The number of methoxy groups -OCH3 is 1. The first kappa shape index (κ1) is 8.93. The fraction of sp³-hybridized carbons (Fsp3) is 1.00. The molecular weight excluding hydrogens is 146 g/mol. The lowest BCUT2D eigenvalue weighted by Gasteiger charge is -2.35. The van der Waals surface area contributed by atoms with E-state index in [1.54, 1.807) is 14.0 Å². The van der Waals surface area contributed by atoms with Crippen molar-refractivity contribution in [3.05, 3.63) is 0 Å². The van der Waals surface area contributed by atoms with Crippen LogP contribution in [0.25, 0.3) is 0 Å². The first-order valence-corrected chi connectivity index (χ1v) is 3.77. The number of aliphatic hydroxyl groups excluding tert-OH is 1. The molecule has 11 heavy (non-hydrogen) atoms. The maximum atomic E-state index is 9.35. The lowest BCUT2D eigenvalue weighted by molar-refractivity contribution is -0.211. The molecule has 0 aromatic carbocycles. The Morgan fingerprint density at radius 3 is 2.73 bits per heavy atom. The Morgan fingerprint density at radius 2 is 2.27 bits per heavy atom. The molecule has 3 N–H and O–H groups in total. The van der Waals surface area contributed by atoms with Gasteiger partial charge in [0.05, 0.1) is 12.2 Å². The monoisotopic (exact) mass is 161 g/mol. The molecule has 0 aromatic heterocycles. The summed E-state index contributed by atoms with van der Waals surface area (Å²) in [6, 6.07) is -0.233. The normalized spacial score (nSPS) is 45.8. The quantitative estimate of drug-likeness (QED) is 0.542. The molecule has 0 amide bonds. The molecule has 1 fully saturated rings. The highest BCUT2D eigenvalue weighted by atomic mass is 16.7. The van der Waals surface area contributed by atoms with Gasteiger partial charge in [0.1, 0.15) is 0 Å². The largest absolute Gasteiger partial charge is 0.389 e. The van der Waals surface area contributed by atoms with E-state index in [-0.39, 0.29) is 18.4 Å². The maximum absolute atomic E-state index is 9.35. The number of nitrogens with two attached hydrogens (primary N) is 1. The van der Waals surface area contributed by atoms with Gasteiger partial charge in [-0.25, -0.2) is 0 Å². The second-order valence-electron chi connectivity index (χ2n) is 2.90. The number of aliphatic hydroxyl groups is 1. The van der Waals surface area contributed by atoms with Crippen molar-refractivity contribution < 1.29 is 14.6 Å². The molecule has 4 heteroatoms. The van der Waals surface area contributed by atoms with Crippen LogP contribution in [-0.4, -0.2) is 36.8 Å². The van der Waals surface area contributed by atoms with Crippen LogP contribution in [0.4, 0.5) is 0 Å². The van der Waals surface area contributed by atoms with Crippen LogP contribution in [0.3, 0.4) is 0 Å². The van der Waals surface area contributed by atoms with Gasteiger partial charge in [-0.2, -0.15) is 0 Å². The molecule has 0 aliphatic carbocycles. The third-order valence-electron chi connectivity index (χ3n) is 2.01.